The van der Waals surface area contributed by atoms with Crippen LogP contribution in [0.3, 0.4) is 0 Å². The summed E-state index contributed by atoms with van der Waals surface area (Å²) in [6, 6.07) is 6.10. The minimum Gasteiger partial charge on any atom is -0.339 e. The summed E-state index contributed by atoms with van der Waals surface area (Å²) in [4.78, 5) is 14.6. The second-order valence-electron chi connectivity index (χ2n) is 6.21. The molecule has 138 valence electrons. The van der Waals surface area contributed by atoms with E-state index >= 15 is 0 Å². The Bertz CT molecular complexity index is 678. The summed E-state index contributed by atoms with van der Waals surface area (Å²) in [5.74, 6) is 0.581. The molecule has 2 N–H and O–H groups in total. The highest BCUT2D eigenvalue weighted by molar-refractivity contribution is 7.89. The fourth-order valence-corrected chi connectivity index (χ4v) is 3.90. The van der Waals surface area contributed by atoms with Crippen molar-refractivity contribution >= 4 is 15.9 Å². The molecule has 1 aromatic carbocycles. The molecule has 0 unspecified atom stereocenters. The van der Waals surface area contributed by atoms with Crippen LogP contribution in [0.5, 0.6) is 0 Å². The summed E-state index contributed by atoms with van der Waals surface area (Å²) < 4.78 is 26.5. The number of likely N-dealkylation sites (tertiary alicyclic amines) is 1. The van der Waals surface area contributed by atoms with E-state index in [0.717, 1.165) is 39.0 Å². The molecule has 0 bridgehead atoms. The lowest BCUT2D eigenvalue weighted by molar-refractivity contribution is 0.0690. The molecule has 1 heterocycles. The molecule has 0 aromatic heterocycles. The number of amides is 1. The number of nitrogens with one attached hydrogen (secondary N) is 2. The van der Waals surface area contributed by atoms with Gasteiger partial charge in [0.25, 0.3) is 5.91 Å². The molecule has 1 aliphatic heterocycles. The van der Waals surface area contributed by atoms with Gasteiger partial charge in [-0.15, -0.1) is 6.58 Å². The molecule has 7 heteroatoms. The molecule has 1 aromatic rings. The monoisotopic (exact) mass is 365 g/mol. The van der Waals surface area contributed by atoms with Gasteiger partial charge in [-0.05, 0) is 56.1 Å². The Balaban J connectivity index is 1.96. The lowest BCUT2D eigenvalue weighted by Crippen LogP contribution is -2.40. The van der Waals surface area contributed by atoms with E-state index in [1.165, 1.54) is 18.2 Å². The highest BCUT2D eigenvalue weighted by atomic mass is 32.2. The molecule has 0 aliphatic carbocycles. The summed E-state index contributed by atoms with van der Waals surface area (Å²) in [6.07, 6.45) is 3.47. The highest BCUT2D eigenvalue weighted by Gasteiger charge is 2.23. The summed E-state index contributed by atoms with van der Waals surface area (Å²) >= 11 is 0. The Hall–Kier alpha value is -1.70. The average molecular weight is 365 g/mol. The number of rotatable bonds is 8. The Labute approximate surface area is 150 Å². The standard InChI is InChI=1S/C18H27N3O3S/c1-3-11-20-25(23,24)17-7-5-16(6-8-17)18(22)21-12-9-15(10-13-21)14-19-4-2/h3,5-8,15,19-20H,1,4,9-14H2,2H3. The number of piperidine rings is 1. The molecule has 25 heavy (non-hydrogen) atoms. The van der Waals surface area contributed by atoms with E-state index in [1.54, 1.807) is 12.1 Å². The molecule has 0 radical (unpaired) electrons. The van der Waals surface area contributed by atoms with Crippen LogP contribution in [0.4, 0.5) is 0 Å². The lowest BCUT2D eigenvalue weighted by atomic mass is 9.96. The predicted octanol–water partition coefficient (Wildman–Crippen LogP) is 1.61. The second kappa shape index (κ2) is 9.12. The molecule has 1 amide bonds. The fraction of sp³-hybridized carbons (Fsp3) is 0.500. The van der Waals surface area contributed by atoms with Crippen LogP contribution in [-0.4, -0.2) is 51.9 Å². The molecule has 2 rings (SSSR count). The van der Waals surface area contributed by atoms with Crippen LogP contribution in [0.2, 0.25) is 0 Å². The first-order valence-corrected chi connectivity index (χ1v) is 10.2. The van der Waals surface area contributed by atoms with Crippen molar-refractivity contribution in [3.8, 4) is 0 Å². The topological polar surface area (TPSA) is 78.5 Å². The third kappa shape index (κ3) is 5.39. The van der Waals surface area contributed by atoms with E-state index in [9.17, 15) is 13.2 Å². The van der Waals surface area contributed by atoms with Gasteiger partial charge in [-0.25, -0.2) is 13.1 Å². The number of benzene rings is 1. The number of hydrogen-bond donors (Lipinski definition) is 2. The summed E-state index contributed by atoms with van der Waals surface area (Å²) in [7, 11) is -3.56. The summed E-state index contributed by atoms with van der Waals surface area (Å²) in [6.45, 7) is 9.21. The first-order chi connectivity index (χ1) is 12.0. The minimum atomic E-state index is -3.56. The van der Waals surface area contributed by atoms with Crippen molar-refractivity contribution in [2.24, 2.45) is 5.92 Å². The molecular formula is C18H27N3O3S. The van der Waals surface area contributed by atoms with Gasteiger partial charge in [-0.1, -0.05) is 13.0 Å². The summed E-state index contributed by atoms with van der Waals surface area (Å²) in [5.41, 5.74) is 0.521. The number of sulfonamides is 1. The van der Waals surface area contributed by atoms with E-state index < -0.39 is 10.0 Å². The van der Waals surface area contributed by atoms with Crippen LogP contribution < -0.4 is 10.0 Å². The van der Waals surface area contributed by atoms with Crippen molar-refractivity contribution in [1.82, 2.24) is 14.9 Å². The third-order valence-electron chi connectivity index (χ3n) is 4.41. The van der Waals surface area contributed by atoms with Crippen molar-refractivity contribution in [1.29, 1.82) is 0 Å². The first-order valence-electron chi connectivity index (χ1n) is 8.68. The van der Waals surface area contributed by atoms with E-state index in [-0.39, 0.29) is 17.3 Å². The van der Waals surface area contributed by atoms with Crippen molar-refractivity contribution < 1.29 is 13.2 Å². The minimum absolute atomic E-state index is 0.0371. The van der Waals surface area contributed by atoms with Gasteiger partial charge in [0.05, 0.1) is 4.90 Å². The number of hydrogen-bond acceptors (Lipinski definition) is 4. The Morgan fingerprint density at radius 2 is 1.92 bits per heavy atom. The largest absolute Gasteiger partial charge is 0.339 e. The zero-order valence-corrected chi connectivity index (χ0v) is 15.5. The lowest BCUT2D eigenvalue weighted by Gasteiger charge is -2.32. The average Bonchev–Trinajstić information content (AvgIpc) is 2.64. The van der Waals surface area contributed by atoms with Crippen LogP contribution in [0.25, 0.3) is 0 Å². The molecule has 6 nitrogen and oxygen atoms in total. The summed E-state index contributed by atoms with van der Waals surface area (Å²) in [5, 5.41) is 3.36. The molecule has 1 saturated heterocycles. The molecule has 1 fully saturated rings. The van der Waals surface area contributed by atoms with Gasteiger partial charge in [0.15, 0.2) is 0 Å². The number of carbonyl (C=O) groups is 1. The van der Waals surface area contributed by atoms with Gasteiger partial charge in [0.2, 0.25) is 10.0 Å². The molecular weight excluding hydrogens is 338 g/mol. The number of nitrogens with zero attached hydrogens (tertiary/aromatic N) is 1. The van der Waals surface area contributed by atoms with Gasteiger partial charge < -0.3 is 10.2 Å². The molecule has 0 saturated carbocycles. The highest BCUT2D eigenvalue weighted by Crippen LogP contribution is 2.19. The second-order valence-corrected chi connectivity index (χ2v) is 7.98. The van der Waals surface area contributed by atoms with Crippen molar-refractivity contribution in [3.05, 3.63) is 42.5 Å². The smallest absolute Gasteiger partial charge is 0.253 e. The van der Waals surface area contributed by atoms with Gasteiger partial charge in [-0.3, -0.25) is 4.79 Å². The molecule has 0 spiro atoms. The maximum Gasteiger partial charge on any atom is 0.253 e. The van der Waals surface area contributed by atoms with Crippen LogP contribution in [-0.2, 0) is 10.0 Å². The quantitative estimate of drug-likeness (QED) is 0.686. The Kier molecular flexibility index (Phi) is 7.16. The van der Waals surface area contributed by atoms with Crippen LogP contribution in [0.1, 0.15) is 30.1 Å². The maximum absolute atomic E-state index is 12.6. The normalized spacial score (nSPS) is 16.0. The van der Waals surface area contributed by atoms with Gasteiger partial charge >= 0.3 is 0 Å². The Morgan fingerprint density at radius 3 is 2.48 bits per heavy atom. The number of carbonyl (C=O) groups excluding carboxylic acids is 1. The van der Waals surface area contributed by atoms with Crippen molar-refractivity contribution in [2.75, 3.05) is 32.7 Å². The fourth-order valence-electron chi connectivity index (χ4n) is 2.90. The van der Waals surface area contributed by atoms with E-state index in [2.05, 4.69) is 23.5 Å². The maximum atomic E-state index is 12.6. The van der Waals surface area contributed by atoms with Crippen LogP contribution in [0, 0.1) is 5.92 Å². The van der Waals surface area contributed by atoms with Crippen molar-refractivity contribution in [2.45, 2.75) is 24.7 Å². The van der Waals surface area contributed by atoms with Gasteiger partial charge in [0.1, 0.15) is 0 Å². The third-order valence-corrected chi connectivity index (χ3v) is 5.85. The Morgan fingerprint density at radius 1 is 1.28 bits per heavy atom. The van der Waals surface area contributed by atoms with Crippen molar-refractivity contribution in [3.63, 3.8) is 0 Å². The van der Waals surface area contributed by atoms with E-state index in [0.29, 0.717) is 11.5 Å². The van der Waals surface area contributed by atoms with E-state index in [1.807, 2.05) is 4.90 Å². The van der Waals surface area contributed by atoms with E-state index in [4.69, 9.17) is 0 Å². The molecule has 0 atom stereocenters. The zero-order chi connectivity index (χ0) is 18.3. The molecule has 1 aliphatic rings. The predicted molar refractivity (Wildman–Crippen MR) is 99.0 cm³/mol. The first kappa shape index (κ1) is 19.6. The van der Waals surface area contributed by atoms with Gasteiger partial charge in [-0.2, -0.15) is 0 Å². The van der Waals surface area contributed by atoms with Crippen LogP contribution in [0.15, 0.2) is 41.8 Å². The SMILES string of the molecule is C=CCNS(=O)(=O)c1ccc(C(=O)N2CCC(CNCC)CC2)cc1. The van der Waals surface area contributed by atoms with Gasteiger partial charge in [0, 0.05) is 25.2 Å². The zero-order valence-electron chi connectivity index (χ0n) is 14.7. The van der Waals surface area contributed by atoms with Crippen LogP contribution >= 0.6 is 0 Å².